The molecule has 1 aliphatic rings. The summed E-state index contributed by atoms with van der Waals surface area (Å²) in [5.74, 6) is 1.12. The number of amides is 1. The monoisotopic (exact) mass is 491 g/mol. The summed E-state index contributed by atoms with van der Waals surface area (Å²) in [6.45, 7) is 2.78. The number of ether oxygens (including phenoxy) is 2. The third-order valence-corrected chi connectivity index (χ3v) is 7.61. The van der Waals surface area contributed by atoms with Crippen LogP contribution in [-0.4, -0.2) is 40.7 Å². The van der Waals surface area contributed by atoms with Gasteiger partial charge in [0, 0.05) is 18.3 Å². The van der Waals surface area contributed by atoms with E-state index in [9.17, 15) is 14.4 Å². The molecular weight excluding hydrogens is 466 g/mol. The molecule has 0 bridgehead atoms. The predicted molar refractivity (Wildman–Crippen MR) is 135 cm³/mol. The van der Waals surface area contributed by atoms with Gasteiger partial charge in [-0.15, -0.1) is 11.3 Å². The number of para-hydroxylation sites is 2. The van der Waals surface area contributed by atoms with E-state index in [0.29, 0.717) is 46.9 Å². The highest BCUT2D eigenvalue weighted by Crippen LogP contribution is 2.34. The number of carbonyl (C=O) groups excluding carboxylic acids is 1. The predicted octanol–water partition coefficient (Wildman–Crippen LogP) is 3.18. The fourth-order valence-electron chi connectivity index (χ4n) is 4.59. The molecule has 0 N–H and O–H groups in total. The van der Waals surface area contributed by atoms with Crippen molar-refractivity contribution in [3.05, 3.63) is 85.4 Å². The van der Waals surface area contributed by atoms with Gasteiger partial charge in [0.2, 0.25) is 5.91 Å². The Morgan fingerprint density at radius 1 is 1.06 bits per heavy atom. The topological polar surface area (TPSA) is 82.8 Å². The third-order valence-electron chi connectivity index (χ3n) is 6.37. The zero-order valence-electron chi connectivity index (χ0n) is 19.7. The van der Waals surface area contributed by atoms with Crippen molar-refractivity contribution in [2.45, 2.75) is 26.4 Å². The average Bonchev–Trinajstić information content (AvgIpc) is 3.26. The van der Waals surface area contributed by atoms with E-state index in [2.05, 4.69) is 0 Å². The van der Waals surface area contributed by atoms with Gasteiger partial charge in [-0.3, -0.25) is 14.2 Å². The lowest BCUT2D eigenvalue weighted by molar-refractivity contribution is -0.129. The lowest BCUT2D eigenvalue weighted by Gasteiger charge is -2.25. The number of methoxy groups -OCH3 is 2. The Labute approximate surface area is 205 Å². The van der Waals surface area contributed by atoms with E-state index >= 15 is 0 Å². The molecule has 180 valence electrons. The minimum absolute atomic E-state index is 0.00619. The van der Waals surface area contributed by atoms with Gasteiger partial charge in [0.1, 0.15) is 16.3 Å². The molecule has 0 unspecified atom stereocenters. The number of fused-ring (bicyclic) bond motifs is 3. The molecular formula is C26H25N3O5S. The van der Waals surface area contributed by atoms with E-state index in [0.717, 1.165) is 16.0 Å². The minimum atomic E-state index is -0.447. The average molecular weight is 492 g/mol. The van der Waals surface area contributed by atoms with Crippen molar-refractivity contribution in [2.24, 2.45) is 0 Å². The number of benzene rings is 2. The summed E-state index contributed by atoms with van der Waals surface area (Å²) >= 11 is 1.41. The maximum absolute atomic E-state index is 13.9. The van der Waals surface area contributed by atoms with Gasteiger partial charge in [-0.05, 0) is 41.8 Å². The standard InChI is InChI=1S/C26H25N3O5S/c1-16(30)27-12-11-19-22(15-27)35-25-23(19)24(31)29(20-9-4-5-10-21(20)34-3)26(32)28(25)14-17-7-6-8-18(13-17)33-2/h4-10,13H,11-12,14-15H2,1-3H3. The van der Waals surface area contributed by atoms with Crippen molar-refractivity contribution < 1.29 is 14.3 Å². The summed E-state index contributed by atoms with van der Waals surface area (Å²) in [5, 5.41) is 0.529. The van der Waals surface area contributed by atoms with Crippen LogP contribution in [0.1, 0.15) is 22.9 Å². The zero-order chi connectivity index (χ0) is 24.7. The highest BCUT2D eigenvalue weighted by molar-refractivity contribution is 7.18. The van der Waals surface area contributed by atoms with Crippen molar-refractivity contribution in [1.82, 2.24) is 14.0 Å². The van der Waals surface area contributed by atoms with Crippen LogP contribution in [0.4, 0.5) is 0 Å². The van der Waals surface area contributed by atoms with Gasteiger partial charge in [-0.25, -0.2) is 9.36 Å². The summed E-state index contributed by atoms with van der Waals surface area (Å²) in [6.07, 6.45) is 0.563. The summed E-state index contributed by atoms with van der Waals surface area (Å²) < 4.78 is 13.7. The molecule has 0 spiro atoms. The summed E-state index contributed by atoms with van der Waals surface area (Å²) in [5.41, 5.74) is 1.36. The van der Waals surface area contributed by atoms with Gasteiger partial charge in [0.05, 0.1) is 38.4 Å². The van der Waals surface area contributed by atoms with E-state index in [4.69, 9.17) is 9.47 Å². The molecule has 0 aliphatic carbocycles. The van der Waals surface area contributed by atoms with Gasteiger partial charge in [-0.2, -0.15) is 0 Å². The second-order valence-corrected chi connectivity index (χ2v) is 9.49. The Morgan fingerprint density at radius 2 is 1.86 bits per heavy atom. The van der Waals surface area contributed by atoms with Crippen LogP contribution in [0.3, 0.4) is 0 Å². The van der Waals surface area contributed by atoms with Gasteiger partial charge >= 0.3 is 5.69 Å². The van der Waals surface area contributed by atoms with E-state index in [1.165, 1.54) is 23.0 Å². The Morgan fingerprint density at radius 3 is 2.60 bits per heavy atom. The molecule has 0 atom stereocenters. The van der Waals surface area contributed by atoms with Gasteiger partial charge in [-0.1, -0.05) is 24.3 Å². The molecule has 0 radical (unpaired) electrons. The maximum atomic E-state index is 13.9. The van der Waals surface area contributed by atoms with Crippen molar-refractivity contribution >= 4 is 27.5 Å². The largest absolute Gasteiger partial charge is 0.497 e. The Hall–Kier alpha value is -3.85. The smallest absolute Gasteiger partial charge is 0.337 e. The fourth-order valence-corrected chi connectivity index (χ4v) is 5.94. The summed E-state index contributed by atoms with van der Waals surface area (Å²) in [7, 11) is 3.11. The molecule has 1 amide bonds. The Kier molecular flexibility index (Phi) is 5.94. The van der Waals surface area contributed by atoms with Crippen LogP contribution < -0.4 is 20.7 Å². The number of nitrogens with zero attached hydrogens (tertiary/aromatic N) is 3. The van der Waals surface area contributed by atoms with Crippen LogP contribution in [0.2, 0.25) is 0 Å². The first-order chi connectivity index (χ1) is 16.9. The first kappa shape index (κ1) is 22.9. The fraction of sp³-hybridized carbons (Fsp3) is 0.269. The lowest BCUT2D eigenvalue weighted by Crippen LogP contribution is -2.39. The number of aromatic nitrogens is 2. The Bertz CT molecular complexity index is 1570. The second-order valence-electron chi connectivity index (χ2n) is 8.41. The molecule has 0 saturated heterocycles. The molecule has 2 aromatic heterocycles. The van der Waals surface area contributed by atoms with Gasteiger partial charge in [0.15, 0.2) is 0 Å². The number of hydrogen-bond acceptors (Lipinski definition) is 6. The molecule has 35 heavy (non-hydrogen) atoms. The molecule has 8 nitrogen and oxygen atoms in total. The number of rotatable bonds is 5. The van der Waals surface area contributed by atoms with Crippen molar-refractivity contribution in [3.63, 3.8) is 0 Å². The van der Waals surface area contributed by atoms with E-state index in [1.807, 2.05) is 24.3 Å². The normalized spacial score (nSPS) is 13.1. The van der Waals surface area contributed by atoms with Gasteiger partial charge < -0.3 is 14.4 Å². The minimum Gasteiger partial charge on any atom is -0.497 e. The van der Waals surface area contributed by atoms with Crippen molar-refractivity contribution in [3.8, 4) is 17.2 Å². The molecule has 4 aromatic rings. The highest BCUT2D eigenvalue weighted by atomic mass is 32.1. The van der Waals surface area contributed by atoms with Crippen LogP contribution in [0.15, 0.2) is 58.1 Å². The quantitative estimate of drug-likeness (QED) is 0.428. The maximum Gasteiger partial charge on any atom is 0.337 e. The van der Waals surface area contributed by atoms with Crippen LogP contribution in [0.5, 0.6) is 11.5 Å². The SMILES string of the molecule is COc1cccc(Cn2c(=O)n(-c3ccccc3OC)c(=O)c3c4c(sc32)CN(C(C)=O)CC4)c1. The third kappa shape index (κ3) is 3.91. The molecule has 1 aliphatic heterocycles. The highest BCUT2D eigenvalue weighted by Gasteiger charge is 2.28. The first-order valence-corrected chi connectivity index (χ1v) is 12.1. The molecule has 3 heterocycles. The van der Waals surface area contributed by atoms with Crippen LogP contribution in [0.25, 0.3) is 15.9 Å². The van der Waals surface area contributed by atoms with Crippen LogP contribution in [0, 0.1) is 0 Å². The number of thiophene rings is 1. The molecule has 0 saturated carbocycles. The molecule has 9 heteroatoms. The van der Waals surface area contributed by atoms with Crippen molar-refractivity contribution in [2.75, 3.05) is 20.8 Å². The zero-order valence-corrected chi connectivity index (χ0v) is 20.6. The van der Waals surface area contributed by atoms with Crippen molar-refractivity contribution in [1.29, 1.82) is 0 Å². The first-order valence-electron chi connectivity index (χ1n) is 11.2. The molecule has 0 fully saturated rings. The lowest BCUT2D eigenvalue weighted by atomic mass is 10.1. The van der Waals surface area contributed by atoms with Crippen LogP contribution >= 0.6 is 11.3 Å². The summed E-state index contributed by atoms with van der Waals surface area (Å²) in [6, 6.07) is 14.5. The number of hydrogen-bond donors (Lipinski definition) is 0. The van der Waals surface area contributed by atoms with Gasteiger partial charge in [0.25, 0.3) is 5.56 Å². The van der Waals surface area contributed by atoms with E-state index in [-0.39, 0.29) is 18.0 Å². The molecule has 5 rings (SSSR count). The Balaban J connectivity index is 1.81. The molecule has 2 aromatic carbocycles. The summed E-state index contributed by atoms with van der Waals surface area (Å²) in [4.78, 5) is 43.1. The second kappa shape index (κ2) is 9.07. The number of carbonyl (C=O) groups is 1. The van der Waals surface area contributed by atoms with Crippen LogP contribution in [-0.2, 0) is 24.3 Å². The van der Waals surface area contributed by atoms with E-state index in [1.54, 1.807) is 47.8 Å². The van der Waals surface area contributed by atoms with E-state index < -0.39 is 5.69 Å².